The summed E-state index contributed by atoms with van der Waals surface area (Å²) in [5.74, 6) is 0.656. The third kappa shape index (κ3) is 2.87. The van der Waals surface area contributed by atoms with Crippen molar-refractivity contribution in [1.29, 1.82) is 0 Å². The molecule has 1 aliphatic heterocycles. The molecule has 2 rings (SSSR count). The van der Waals surface area contributed by atoms with Gasteiger partial charge in [0, 0.05) is 0 Å². The lowest BCUT2D eigenvalue weighted by Gasteiger charge is -2.31. The summed E-state index contributed by atoms with van der Waals surface area (Å²) in [4.78, 5) is 11.8. The summed E-state index contributed by atoms with van der Waals surface area (Å²) in [6.07, 6.45) is 3.87. The van der Waals surface area contributed by atoms with Crippen LogP contribution in [0.25, 0.3) is 5.57 Å². The van der Waals surface area contributed by atoms with Crippen molar-refractivity contribution in [3.8, 4) is 5.75 Å². The Morgan fingerprint density at radius 1 is 1.35 bits per heavy atom. The van der Waals surface area contributed by atoms with E-state index in [0.29, 0.717) is 0 Å². The maximum absolute atomic E-state index is 11.8. The van der Waals surface area contributed by atoms with E-state index in [0.717, 1.165) is 48.1 Å². The minimum Gasteiger partial charge on any atom is -0.497 e. The van der Waals surface area contributed by atoms with E-state index in [9.17, 15) is 4.79 Å². The zero-order chi connectivity index (χ0) is 14.5. The zero-order valence-corrected chi connectivity index (χ0v) is 12.4. The van der Waals surface area contributed by atoms with E-state index in [4.69, 9.17) is 9.47 Å². The first-order valence-corrected chi connectivity index (χ1v) is 7.29. The van der Waals surface area contributed by atoms with Gasteiger partial charge in [0.1, 0.15) is 11.9 Å². The van der Waals surface area contributed by atoms with Gasteiger partial charge < -0.3 is 9.47 Å². The van der Waals surface area contributed by atoms with Crippen LogP contribution < -0.4 is 4.74 Å². The van der Waals surface area contributed by atoms with Crippen LogP contribution in [0.2, 0.25) is 0 Å². The molecule has 0 amide bonds. The van der Waals surface area contributed by atoms with Crippen molar-refractivity contribution in [2.24, 2.45) is 0 Å². The third-order valence-electron chi connectivity index (χ3n) is 3.69. The molecule has 0 radical (unpaired) electrons. The molecule has 1 aromatic carbocycles. The number of rotatable bonds is 6. The quantitative estimate of drug-likeness (QED) is 0.581. The number of ether oxygens (including phenoxy) is 2. The largest absolute Gasteiger partial charge is 0.497 e. The van der Waals surface area contributed by atoms with E-state index in [-0.39, 0.29) is 12.1 Å². The second kappa shape index (κ2) is 6.60. The number of unbranched alkanes of at least 4 members (excludes halogenated alkanes) is 1. The van der Waals surface area contributed by atoms with Crippen molar-refractivity contribution in [3.63, 3.8) is 0 Å². The monoisotopic (exact) mass is 274 g/mol. The number of methoxy groups -OCH3 is 1. The lowest BCUT2D eigenvalue weighted by Crippen LogP contribution is -2.37. The fraction of sp³-hybridized carbons (Fsp3) is 0.471. The molecule has 0 aromatic heterocycles. The second-order valence-electron chi connectivity index (χ2n) is 5.03. The molecule has 1 atom stereocenters. The maximum Gasteiger partial charge on any atom is 0.338 e. The van der Waals surface area contributed by atoms with Crippen molar-refractivity contribution in [2.75, 3.05) is 7.11 Å². The molecule has 1 fully saturated rings. The summed E-state index contributed by atoms with van der Waals surface area (Å²) in [6.45, 7) is 4.20. The summed E-state index contributed by atoms with van der Waals surface area (Å²) in [5.41, 5.74) is 3.05. The van der Waals surface area contributed by atoms with Gasteiger partial charge in [-0.3, -0.25) is 0 Å². The standard InChI is InChI=1S/C17H22O3/c1-4-6-10-14(16-15(5-2)20-17(16)18)12-8-7-9-13(11-12)19-3/h7-9,11,15H,4-6,10H2,1-3H3/b16-14-. The topological polar surface area (TPSA) is 35.5 Å². The minimum atomic E-state index is -0.161. The summed E-state index contributed by atoms with van der Waals surface area (Å²) >= 11 is 0. The zero-order valence-electron chi connectivity index (χ0n) is 12.4. The van der Waals surface area contributed by atoms with E-state index in [1.807, 2.05) is 31.2 Å². The molecule has 1 heterocycles. The molecule has 0 bridgehead atoms. The van der Waals surface area contributed by atoms with E-state index >= 15 is 0 Å². The average Bonchev–Trinajstić information content (AvgIpc) is 2.48. The number of carbonyl (C=O) groups is 1. The van der Waals surface area contributed by atoms with E-state index in [2.05, 4.69) is 6.92 Å². The molecule has 1 aromatic rings. The van der Waals surface area contributed by atoms with E-state index < -0.39 is 0 Å². The molecule has 3 nitrogen and oxygen atoms in total. The molecule has 1 saturated heterocycles. The van der Waals surface area contributed by atoms with Crippen LogP contribution in [0, 0.1) is 0 Å². The van der Waals surface area contributed by atoms with Gasteiger partial charge in [0.15, 0.2) is 0 Å². The Labute approximate surface area is 120 Å². The van der Waals surface area contributed by atoms with Gasteiger partial charge in [0.2, 0.25) is 0 Å². The lowest BCUT2D eigenvalue weighted by molar-refractivity contribution is -0.155. The van der Waals surface area contributed by atoms with Crippen molar-refractivity contribution < 1.29 is 14.3 Å². The van der Waals surface area contributed by atoms with Gasteiger partial charge >= 0.3 is 5.97 Å². The smallest absolute Gasteiger partial charge is 0.338 e. The highest BCUT2D eigenvalue weighted by atomic mass is 16.6. The Morgan fingerprint density at radius 2 is 2.15 bits per heavy atom. The summed E-state index contributed by atoms with van der Waals surface area (Å²) < 4.78 is 10.5. The van der Waals surface area contributed by atoms with Gasteiger partial charge in [-0.1, -0.05) is 32.4 Å². The normalized spacial score (nSPS) is 20.1. The van der Waals surface area contributed by atoms with E-state index in [1.165, 1.54) is 0 Å². The summed E-state index contributed by atoms with van der Waals surface area (Å²) in [6, 6.07) is 7.92. The third-order valence-corrected chi connectivity index (χ3v) is 3.69. The Bertz CT molecular complexity index is 517. The second-order valence-corrected chi connectivity index (χ2v) is 5.03. The fourth-order valence-electron chi connectivity index (χ4n) is 2.53. The number of hydrogen-bond acceptors (Lipinski definition) is 3. The highest BCUT2D eigenvalue weighted by molar-refractivity contribution is 6.03. The van der Waals surface area contributed by atoms with Crippen LogP contribution >= 0.6 is 0 Å². The van der Waals surface area contributed by atoms with Crippen LogP contribution in [0.1, 0.15) is 45.1 Å². The number of hydrogen-bond donors (Lipinski definition) is 0. The highest BCUT2D eigenvalue weighted by Crippen LogP contribution is 2.35. The maximum atomic E-state index is 11.8. The first-order valence-electron chi connectivity index (χ1n) is 7.29. The Balaban J connectivity index is 2.41. The number of cyclic esters (lactones) is 1. The van der Waals surface area contributed by atoms with Gasteiger partial charge in [0.05, 0.1) is 12.7 Å². The number of esters is 1. The van der Waals surface area contributed by atoms with Gasteiger partial charge in [-0.25, -0.2) is 4.79 Å². The van der Waals surface area contributed by atoms with Crippen LogP contribution in [0.15, 0.2) is 29.8 Å². The Morgan fingerprint density at radius 3 is 2.75 bits per heavy atom. The molecule has 3 heteroatoms. The minimum absolute atomic E-state index is 0.0412. The molecule has 1 aliphatic rings. The first-order chi connectivity index (χ1) is 9.71. The molecule has 0 N–H and O–H groups in total. The van der Waals surface area contributed by atoms with Crippen LogP contribution in [0.3, 0.4) is 0 Å². The van der Waals surface area contributed by atoms with Crippen molar-refractivity contribution in [1.82, 2.24) is 0 Å². The van der Waals surface area contributed by atoms with Crippen molar-refractivity contribution in [2.45, 2.75) is 45.6 Å². The van der Waals surface area contributed by atoms with E-state index in [1.54, 1.807) is 7.11 Å². The Hall–Kier alpha value is -1.77. The van der Waals surface area contributed by atoms with Crippen molar-refractivity contribution in [3.05, 3.63) is 35.4 Å². The predicted octanol–water partition coefficient (Wildman–Crippen LogP) is 3.97. The number of carbonyl (C=O) groups excluding carboxylic acids is 1. The SMILES string of the molecule is CCCC/C(=C1/C(=O)OC1CC)c1cccc(OC)c1. The van der Waals surface area contributed by atoms with Gasteiger partial charge in [-0.15, -0.1) is 0 Å². The molecular weight excluding hydrogens is 252 g/mol. The summed E-state index contributed by atoms with van der Waals surface area (Å²) in [7, 11) is 1.66. The van der Waals surface area contributed by atoms with Crippen LogP contribution in [-0.4, -0.2) is 19.2 Å². The average molecular weight is 274 g/mol. The molecule has 0 saturated carbocycles. The summed E-state index contributed by atoms with van der Waals surface area (Å²) in [5, 5.41) is 0. The van der Waals surface area contributed by atoms with Crippen LogP contribution in [0.5, 0.6) is 5.75 Å². The molecule has 0 spiro atoms. The van der Waals surface area contributed by atoms with Crippen molar-refractivity contribution >= 4 is 11.5 Å². The molecule has 0 aliphatic carbocycles. The molecule has 20 heavy (non-hydrogen) atoms. The van der Waals surface area contributed by atoms with Crippen LogP contribution in [-0.2, 0) is 9.53 Å². The number of benzene rings is 1. The van der Waals surface area contributed by atoms with Gasteiger partial charge in [-0.2, -0.15) is 0 Å². The molecular formula is C17H22O3. The lowest BCUT2D eigenvalue weighted by atomic mass is 9.88. The van der Waals surface area contributed by atoms with Crippen LogP contribution in [0.4, 0.5) is 0 Å². The fourth-order valence-corrected chi connectivity index (χ4v) is 2.53. The Kier molecular flexibility index (Phi) is 4.83. The van der Waals surface area contributed by atoms with Gasteiger partial charge in [0.25, 0.3) is 0 Å². The van der Waals surface area contributed by atoms with Gasteiger partial charge in [-0.05, 0) is 42.5 Å². The predicted molar refractivity (Wildman–Crippen MR) is 79.6 cm³/mol. The molecule has 1 unspecified atom stereocenters. The number of allylic oxidation sites excluding steroid dienone is 1. The first kappa shape index (κ1) is 14.6. The molecule has 108 valence electrons. The highest BCUT2D eigenvalue weighted by Gasteiger charge is 2.37.